The summed E-state index contributed by atoms with van der Waals surface area (Å²) >= 11 is 7.27. The van der Waals surface area contributed by atoms with Crippen LogP contribution in [0, 0.1) is 11.3 Å². The van der Waals surface area contributed by atoms with Crippen molar-refractivity contribution in [3.8, 4) is 0 Å². The molecule has 0 radical (unpaired) electrons. The second kappa shape index (κ2) is 7.95. The van der Waals surface area contributed by atoms with Gasteiger partial charge in [0.25, 0.3) is 0 Å². The van der Waals surface area contributed by atoms with Gasteiger partial charge in [-0.25, -0.2) is 0 Å². The number of hydrogen-bond acceptors (Lipinski definition) is 1. The van der Waals surface area contributed by atoms with E-state index < -0.39 is 0 Å². The van der Waals surface area contributed by atoms with Crippen LogP contribution < -0.4 is 5.32 Å². The second-order valence-electron chi connectivity index (χ2n) is 6.88. The van der Waals surface area contributed by atoms with Crippen LogP contribution in [0.25, 0.3) is 0 Å². The zero-order chi connectivity index (χ0) is 15.3. The number of rotatable bonds is 6. The highest BCUT2D eigenvalue weighted by Crippen LogP contribution is 2.34. The molecular formula is C17H27Br2N. The summed E-state index contributed by atoms with van der Waals surface area (Å²) in [6.45, 7) is 12.5. The van der Waals surface area contributed by atoms with Crippen molar-refractivity contribution in [2.75, 3.05) is 6.54 Å². The lowest BCUT2D eigenvalue weighted by atomic mass is 9.82. The van der Waals surface area contributed by atoms with E-state index in [0.717, 1.165) is 11.0 Å². The molecule has 0 bridgehead atoms. The molecule has 0 heterocycles. The lowest BCUT2D eigenvalue weighted by Crippen LogP contribution is -2.24. The molecule has 1 rings (SSSR count). The van der Waals surface area contributed by atoms with Gasteiger partial charge in [0, 0.05) is 15.0 Å². The first-order chi connectivity index (χ1) is 9.23. The Hall–Kier alpha value is 0.140. The van der Waals surface area contributed by atoms with E-state index in [4.69, 9.17) is 0 Å². The van der Waals surface area contributed by atoms with Crippen molar-refractivity contribution < 1.29 is 0 Å². The maximum atomic E-state index is 3.69. The average Bonchev–Trinajstić information content (AvgIpc) is 2.29. The van der Waals surface area contributed by atoms with Crippen LogP contribution in [0.4, 0.5) is 0 Å². The minimum absolute atomic E-state index is 0.394. The second-order valence-corrected chi connectivity index (χ2v) is 8.65. The molecular weight excluding hydrogens is 378 g/mol. The Morgan fingerprint density at radius 1 is 1.20 bits per heavy atom. The van der Waals surface area contributed by atoms with Crippen molar-refractivity contribution in [2.24, 2.45) is 11.3 Å². The van der Waals surface area contributed by atoms with Crippen molar-refractivity contribution in [2.45, 2.75) is 53.5 Å². The maximum absolute atomic E-state index is 3.69. The number of nitrogens with one attached hydrogen (secondary N) is 1. The van der Waals surface area contributed by atoms with E-state index in [0.29, 0.717) is 17.4 Å². The Bertz CT molecular complexity index is 423. The summed E-state index contributed by atoms with van der Waals surface area (Å²) in [4.78, 5) is 0. The topological polar surface area (TPSA) is 12.0 Å². The SMILES string of the molecule is CCNC(CC(C)CC(C)(C)C)c1cc(Br)ccc1Br. The van der Waals surface area contributed by atoms with Gasteiger partial charge >= 0.3 is 0 Å². The van der Waals surface area contributed by atoms with Crippen LogP contribution in [0.1, 0.15) is 59.1 Å². The minimum Gasteiger partial charge on any atom is -0.310 e. The molecule has 2 atom stereocenters. The molecule has 0 aliphatic heterocycles. The summed E-state index contributed by atoms with van der Waals surface area (Å²) in [6.07, 6.45) is 2.42. The van der Waals surface area contributed by atoms with Gasteiger partial charge in [-0.05, 0) is 54.5 Å². The number of benzene rings is 1. The van der Waals surface area contributed by atoms with Crippen LogP contribution in [0.3, 0.4) is 0 Å². The van der Waals surface area contributed by atoms with Crippen molar-refractivity contribution in [3.05, 3.63) is 32.7 Å². The predicted molar refractivity (Wildman–Crippen MR) is 96.1 cm³/mol. The molecule has 0 aliphatic carbocycles. The van der Waals surface area contributed by atoms with Gasteiger partial charge in [0.15, 0.2) is 0 Å². The highest BCUT2D eigenvalue weighted by molar-refractivity contribution is 9.11. The first-order valence-electron chi connectivity index (χ1n) is 7.41. The van der Waals surface area contributed by atoms with E-state index in [1.54, 1.807) is 0 Å². The average molecular weight is 405 g/mol. The van der Waals surface area contributed by atoms with Gasteiger partial charge in [-0.1, -0.05) is 66.5 Å². The van der Waals surface area contributed by atoms with Gasteiger partial charge in [0.05, 0.1) is 0 Å². The van der Waals surface area contributed by atoms with Crippen molar-refractivity contribution in [3.63, 3.8) is 0 Å². The van der Waals surface area contributed by atoms with Gasteiger partial charge in [-0.3, -0.25) is 0 Å². The molecule has 114 valence electrons. The van der Waals surface area contributed by atoms with Crippen LogP contribution in [-0.4, -0.2) is 6.54 Å². The first-order valence-corrected chi connectivity index (χ1v) is 9.00. The molecule has 0 fully saturated rings. The summed E-state index contributed by atoms with van der Waals surface area (Å²) < 4.78 is 2.33. The quantitative estimate of drug-likeness (QED) is 0.584. The molecule has 1 nitrogen and oxygen atoms in total. The minimum atomic E-state index is 0.394. The molecule has 1 N–H and O–H groups in total. The fourth-order valence-electron chi connectivity index (χ4n) is 2.88. The molecule has 2 unspecified atom stereocenters. The summed E-state index contributed by atoms with van der Waals surface area (Å²) in [5, 5.41) is 3.63. The van der Waals surface area contributed by atoms with E-state index in [1.807, 2.05) is 0 Å². The summed E-state index contributed by atoms with van der Waals surface area (Å²) in [5.74, 6) is 0.699. The molecule has 0 spiro atoms. The smallest absolute Gasteiger partial charge is 0.0334 e. The Labute approximate surface area is 141 Å². The monoisotopic (exact) mass is 403 g/mol. The van der Waals surface area contributed by atoms with Crippen LogP contribution in [0.2, 0.25) is 0 Å². The standard InChI is InChI=1S/C17H27Br2N/c1-6-20-16(9-12(2)11-17(3,4)5)14-10-13(18)7-8-15(14)19/h7-8,10,12,16,20H,6,9,11H2,1-5H3. The van der Waals surface area contributed by atoms with Gasteiger partial charge in [-0.2, -0.15) is 0 Å². The largest absolute Gasteiger partial charge is 0.310 e. The van der Waals surface area contributed by atoms with Crippen LogP contribution in [0.15, 0.2) is 27.1 Å². The van der Waals surface area contributed by atoms with Crippen LogP contribution in [0.5, 0.6) is 0 Å². The Morgan fingerprint density at radius 3 is 2.40 bits per heavy atom. The van der Waals surface area contributed by atoms with Crippen LogP contribution >= 0.6 is 31.9 Å². The van der Waals surface area contributed by atoms with Gasteiger partial charge < -0.3 is 5.32 Å². The molecule has 0 aliphatic rings. The van der Waals surface area contributed by atoms with Gasteiger partial charge in [0.1, 0.15) is 0 Å². The fourth-order valence-corrected chi connectivity index (χ4v) is 3.78. The molecule has 3 heteroatoms. The maximum Gasteiger partial charge on any atom is 0.0334 e. The van der Waals surface area contributed by atoms with Gasteiger partial charge in [0.2, 0.25) is 0 Å². The zero-order valence-electron chi connectivity index (χ0n) is 13.3. The predicted octanol–water partition coefficient (Wildman–Crippen LogP) is 6.32. The van der Waals surface area contributed by atoms with Crippen molar-refractivity contribution in [1.29, 1.82) is 0 Å². The van der Waals surface area contributed by atoms with E-state index in [-0.39, 0.29) is 0 Å². The lowest BCUT2D eigenvalue weighted by molar-refractivity contribution is 0.276. The normalized spacial score (nSPS) is 15.2. The van der Waals surface area contributed by atoms with Crippen LogP contribution in [-0.2, 0) is 0 Å². The van der Waals surface area contributed by atoms with E-state index in [1.165, 1.54) is 22.9 Å². The molecule has 0 saturated carbocycles. The first kappa shape index (κ1) is 18.2. The zero-order valence-corrected chi connectivity index (χ0v) is 16.4. The van der Waals surface area contributed by atoms with Crippen molar-refractivity contribution >= 4 is 31.9 Å². The summed E-state index contributed by atoms with van der Waals surface area (Å²) in [7, 11) is 0. The molecule has 0 amide bonds. The lowest BCUT2D eigenvalue weighted by Gasteiger charge is -2.28. The fraction of sp³-hybridized carbons (Fsp3) is 0.647. The Kier molecular flexibility index (Phi) is 7.23. The Morgan fingerprint density at radius 2 is 1.85 bits per heavy atom. The van der Waals surface area contributed by atoms with E-state index in [2.05, 4.69) is 90.0 Å². The molecule has 20 heavy (non-hydrogen) atoms. The van der Waals surface area contributed by atoms with E-state index >= 15 is 0 Å². The Balaban J connectivity index is 2.86. The van der Waals surface area contributed by atoms with Crippen molar-refractivity contribution in [1.82, 2.24) is 5.32 Å². The molecule has 0 saturated heterocycles. The number of halogens is 2. The third kappa shape index (κ3) is 6.28. The third-order valence-electron chi connectivity index (χ3n) is 3.38. The number of hydrogen-bond donors (Lipinski definition) is 1. The molecule has 0 aromatic heterocycles. The summed E-state index contributed by atoms with van der Waals surface area (Å²) in [5.41, 5.74) is 1.74. The highest BCUT2D eigenvalue weighted by Gasteiger charge is 2.21. The van der Waals surface area contributed by atoms with E-state index in [9.17, 15) is 0 Å². The van der Waals surface area contributed by atoms with Gasteiger partial charge in [-0.15, -0.1) is 0 Å². The molecule has 1 aromatic carbocycles. The molecule has 1 aromatic rings. The highest BCUT2D eigenvalue weighted by atomic mass is 79.9. The summed E-state index contributed by atoms with van der Waals surface area (Å²) in [6, 6.07) is 6.83. The third-order valence-corrected chi connectivity index (χ3v) is 4.60.